The Morgan fingerprint density at radius 1 is 1.19 bits per heavy atom. The first-order valence-electron chi connectivity index (χ1n) is 12.6. The van der Waals surface area contributed by atoms with Gasteiger partial charge in [-0.1, -0.05) is 11.6 Å². The van der Waals surface area contributed by atoms with Gasteiger partial charge < -0.3 is 20.2 Å². The number of amides is 2. The van der Waals surface area contributed by atoms with Crippen LogP contribution in [0.1, 0.15) is 59.4 Å². The molecule has 10 heteroatoms. The molecular weight excluding hydrogens is 470 g/mol. The molecule has 192 valence electrons. The van der Waals surface area contributed by atoms with Crippen LogP contribution in [0.3, 0.4) is 0 Å². The number of hydrogen-bond donors (Lipinski definition) is 2. The van der Waals surface area contributed by atoms with Gasteiger partial charge in [0.2, 0.25) is 5.91 Å². The second-order valence-electron chi connectivity index (χ2n) is 10.1. The molecule has 0 bridgehead atoms. The molecule has 10 nitrogen and oxygen atoms in total. The van der Waals surface area contributed by atoms with Crippen molar-refractivity contribution < 1.29 is 14.7 Å². The van der Waals surface area contributed by atoms with E-state index in [1.807, 2.05) is 48.0 Å². The molecule has 3 atom stereocenters. The Morgan fingerprint density at radius 2 is 2.00 bits per heavy atom. The standard InChI is InChI=1S/C27H31N7O3/c1-16-7-8-21(29-18(3)35)20(10-16)27(37)33-9-5-4-6-23(33)22-11-25-30-26(17(2)13-34(25)31-22)32-14-19(12-28)24(36)15-32/h7-8,10-11,13,19,23-24,36H,4-6,9,14-15H2,1-3H3,(H,29,35)/t19?,23-,24?/m0/s1. The highest BCUT2D eigenvalue weighted by Gasteiger charge is 2.34. The minimum Gasteiger partial charge on any atom is -0.390 e. The summed E-state index contributed by atoms with van der Waals surface area (Å²) in [5.41, 5.74) is 4.23. The van der Waals surface area contributed by atoms with Gasteiger partial charge in [-0.2, -0.15) is 10.4 Å². The predicted molar refractivity (Wildman–Crippen MR) is 138 cm³/mol. The molecule has 37 heavy (non-hydrogen) atoms. The lowest BCUT2D eigenvalue weighted by atomic mass is 9.97. The highest BCUT2D eigenvalue weighted by atomic mass is 16.3. The molecule has 5 rings (SSSR count). The number of nitrogens with one attached hydrogen (secondary N) is 1. The largest absolute Gasteiger partial charge is 0.390 e. The van der Waals surface area contributed by atoms with Gasteiger partial charge in [0.25, 0.3) is 5.91 Å². The number of carbonyl (C=O) groups is 2. The number of carbonyl (C=O) groups excluding carboxylic acids is 2. The SMILES string of the molecule is CC(=O)Nc1ccc(C)cc1C(=O)N1CCCC[C@H]1c1cc2nc(N3CC(O)C(C#N)C3)c(C)cn2n1. The molecule has 2 saturated heterocycles. The van der Waals surface area contributed by atoms with Crippen molar-refractivity contribution in [2.24, 2.45) is 5.92 Å². The molecule has 2 N–H and O–H groups in total. The van der Waals surface area contributed by atoms with Crippen LogP contribution < -0.4 is 10.2 Å². The van der Waals surface area contributed by atoms with Crippen molar-refractivity contribution in [3.63, 3.8) is 0 Å². The number of aliphatic hydroxyl groups is 1. The zero-order valence-corrected chi connectivity index (χ0v) is 21.3. The molecule has 0 radical (unpaired) electrons. The monoisotopic (exact) mass is 501 g/mol. The molecular formula is C27H31N7O3. The maximum absolute atomic E-state index is 13.8. The number of nitriles is 1. The third kappa shape index (κ3) is 4.74. The fourth-order valence-corrected chi connectivity index (χ4v) is 5.36. The van der Waals surface area contributed by atoms with Crippen LogP contribution in [0.5, 0.6) is 0 Å². The molecule has 1 aromatic carbocycles. The third-order valence-electron chi connectivity index (χ3n) is 7.20. The van der Waals surface area contributed by atoms with E-state index in [0.29, 0.717) is 36.5 Å². The fourth-order valence-electron chi connectivity index (χ4n) is 5.36. The molecule has 4 heterocycles. The zero-order valence-electron chi connectivity index (χ0n) is 21.3. The predicted octanol–water partition coefficient (Wildman–Crippen LogP) is 2.99. The third-order valence-corrected chi connectivity index (χ3v) is 7.20. The maximum atomic E-state index is 13.8. The van der Waals surface area contributed by atoms with Crippen molar-refractivity contribution >= 4 is 29.0 Å². The summed E-state index contributed by atoms with van der Waals surface area (Å²) in [5.74, 6) is -0.0688. The molecule has 3 aromatic rings. The van der Waals surface area contributed by atoms with E-state index in [9.17, 15) is 20.0 Å². The van der Waals surface area contributed by atoms with Crippen LogP contribution in [-0.4, -0.2) is 62.2 Å². The highest BCUT2D eigenvalue weighted by Crippen LogP contribution is 2.34. The van der Waals surface area contributed by atoms with Crippen LogP contribution in [0.15, 0.2) is 30.5 Å². The Morgan fingerprint density at radius 3 is 2.73 bits per heavy atom. The smallest absolute Gasteiger partial charge is 0.256 e. The van der Waals surface area contributed by atoms with E-state index in [4.69, 9.17) is 10.1 Å². The van der Waals surface area contributed by atoms with Crippen LogP contribution in [0.25, 0.3) is 5.65 Å². The number of anilines is 2. The Kier molecular flexibility index (Phi) is 6.56. The Labute approximate surface area is 215 Å². The Bertz CT molecular complexity index is 1410. The van der Waals surface area contributed by atoms with Gasteiger partial charge in [-0.05, 0) is 45.2 Å². The minimum atomic E-state index is -0.700. The first kappa shape index (κ1) is 24.7. The first-order chi connectivity index (χ1) is 17.7. The van der Waals surface area contributed by atoms with Gasteiger partial charge in [-0.25, -0.2) is 9.50 Å². The minimum absolute atomic E-state index is 0.132. The van der Waals surface area contributed by atoms with Crippen molar-refractivity contribution in [1.82, 2.24) is 19.5 Å². The van der Waals surface area contributed by atoms with Crippen LogP contribution in [-0.2, 0) is 4.79 Å². The van der Waals surface area contributed by atoms with Crippen molar-refractivity contribution in [2.75, 3.05) is 29.9 Å². The van der Waals surface area contributed by atoms with Crippen molar-refractivity contribution in [2.45, 2.75) is 52.2 Å². The topological polar surface area (TPSA) is 127 Å². The number of fused-ring (bicyclic) bond motifs is 1. The number of likely N-dealkylation sites (tertiary alicyclic amines) is 1. The van der Waals surface area contributed by atoms with Gasteiger partial charge in [0, 0.05) is 44.4 Å². The van der Waals surface area contributed by atoms with Crippen LogP contribution in [0, 0.1) is 31.1 Å². The normalized spacial score (nSPS) is 21.8. The van der Waals surface area contributed by atoms with E-state index in [1.165, 1.54) is 6.92 Å². The molecule has 0 aliphatic carbocycles. The number of benzene rings is 1. The van der Waals surface area contributed by atoms with Gasteiger partial charge in [0.05, 0.1) is 41.1 Å². The summed E-state index contributed by atoms with van der Waals surface area (Å²) >= 11 is 0. The van der Waals surface area contributed by atoms with Gasteiger partial charge in [-0.15, -0.1) is 0 Å². The van der Waals surface area contributed by atoms with E-state index < -0.39 is 12.0 Å². The lowest BCUT2D eigenvalue weighted by Gasteiger charge is -2.35. The van der Waals surface area contributed by atoms with Crippen molar-refractivity contribution in [3.05, 3.63) is 52.8 Å². The summed E-state index contributed by atoms with van der Waals surface area (Å²) in [4.78, 5) is 34.2. The van der Waals surface area contributed by atoms with Crippen molar-refractivity contribution in [3.8, 4) is 6.07 Å². The number of nitrogens with zero attached hydrogens (tertiary/aromatic N) is 6. The molecule has 0 spiro atoms. The second kappa shape index (κ2) is 9.82. The summed E-state index contributed by atoms with van der Waals surface area (Å²) in [5, 5.41) is 27.1. The van der Waals surface area contributed by atoms with E-state index in [2.05, 4.69) is 11.4 Å². The zero-order chi connectivity index (χ0) is 26.3. The van der Waals surface area contributed by atoms with E-state index >= 15 is 0 Å². The van der Waals surface area contributed by atoms with E-state index in [0.717, 1.165) is 41.9 Å². The van der Waals surface area contributed by atoms with Gasteiger partial charge in [-0.3, -0.25) is 9.59 Å². The quantitative estimate of drug-likeness (QED) is 0.563. The highest BCUT2D eigenvalue weighted by molar-refractivity contribution is 6.03. The molecule has 2 fully saturated rings. The number of β-amino-alcohol motifs (C(OH)–C–C–N with tert-alkyl or cyclic N) is 1. The van der Waals surface area contributed by atoms with Crippen LogP contribution in [0.2, 0.25) is 0 Å². The van der Waals surface area contributed by atoms with Gasteiger partial charge in [0.15, 0.2) is 5.65 Å². The summed E-state index contributed by atoms with van der Waals surface area (Å²) in [6.07, 6.45) is 3.86. The Balaban J connectivity index is 1.47. The molecule has 2 aromatic heterocycles. The van der Waals surface area contributed by atoms with Crippen LogP contribution in [0.4, 0.5) is 11.5 Å². The average molecular weight is 502 g/mol. The molecule has 2 aliphatic rings. The van der Waals surface area contributed by atoms with Crippen molar-refractivity contribution in [1.29, 1.82) is 5.26 Å². The number of aryl methyl sites for hydroxylation is 2. The number of aliphatic hydroxyl groups excluding tert-OH is 1. The van der Waals surface area contributed by atoms with E-state index in [-0.39, 0.29) is 17.9 Å². The van der Waals surface area contributed by atoms with E-state index in [1.54, 1.807) is 10.6 Å². The summed E-state index contributed by atoms with van der Waals surface area (Å²) in [6.45, 7) is 6.69. The Hall–Kier alpha value is -3.97. The number of hydrogen-bond acceptors (Lipinski definition) is 7. The number of aromatic nitrogens is 3. The van der Waals surface area contributed by atoms with Gasteiger partial charge in [0.1, 0.15) is 5.82 Å². The first-order valence-corrected chi connectivity index (χ1v) is 12.6. The maximum Gasteiger partial charge on any atom is 0.256 e. The average Bonchev–Trinajstić information content (AvgIpc) is 3.46. The number of piperidine rings is 1. The molecule has 2 aliphatic heterocycles. The molecule has 2 unspecified atom stereocenters. The van der Waals surface area contributed by atoms with Crippen LogP contribution >= 0.6 is 0 Å². The summed E-state index contributed by atoms with van der Waals surface area (Å²) in [6, 6.07) is 9.33. The molecule has 2 amide bonds. The lowest BCUT2D eigenvalue weighted by molar-refractivity contribution is -0.114. The lowest BCUT2D eigenvalue weighted by Crippen LogP contribution is -2.39. The second-order valence-corrected chi connectivity index (χ2v) is 10.1. The summed E-state index contributed by atoms with van der Waals surface area (Å²) in [7, 11) is 0. The fraction of sp³-hybridized carbons (Fsp3) is 0.444. The van der Waals surface area contributed by atoms with Gasteiger partial charge >= 0.3 is 0 Å². The number of rotatable bonds is 4. The summed E-state index contributed by atoms with van der Waals surface area (Å²) < 4.78 is 1.73. The molecule has 0 saturated carbocycles.